The third-order valence-electron chi connectivity index (χ3n) is 3.56. The summed E-state index contributed by atoms with van der Waals surface area (Å²) in [4.78, 5) is 0. The molecule has 12 heavy (non-hydrogen) atoms. The lowest BCUT2D eigenvalue weighted by Crippen LogP contribution is -2.18. The molecule has 0 saturated carbocycles. The van der Waals surface area contributed by atoms with Gasteiger partial charge >= 0.3 is 0 Å². The normalized spacial score (nSPS) is 35.2. The van der Waals surface area contributed by atoms with Crippen molar-refractivity contribution in [3.63, 3.8) is 0 Å². The summed E-state index contributed by atoms with van der Waals surface area (Å²) in [7, 11) is 0. The first-order valence-electron chi connectivity index (χ1n) is 5.17. The van der Waals surface area contributed by atoms with Crippen molar-refractivity contribution < 1.29 is 0 Å². The summed E-state index contributed by atoms with van der Waals surface area (Å²) in [6, 6.07) is 0. The van der Waals surface area contributed by atoms with E-state index in [1.165, 1.54) is 25.7 Å². The molecule has 0 spiro atoms. The van der Waals surface area contributed by atoms with Crippen LogP contribution in [0.15, 0.2) is 23.3 Å². The molecule has 0 saturated heterocycles. The maximum absolute atomic E-state index is 2.39. The van der Waals surface area contributed by atoms with Crippen LogP contribution in [0.25, 0.3) is 0 Å². The van der Waals surface area contributed by atoms with Crippen LogP contribution < -0.4 is 0 Å². The summed E-state index contributed by atoms with van der Waals surface area (Å²) in [5.41, 5.74) is 3.42. The predicted molar refractivity (Wildman–Crippen MR) is 53.0 cm³/mol. The molecular formula is C12H18. The minimum atomic E-state index is 0.810. The van der Waals surface area contributed by atoms with Crippen molar-refractivity contribution >= 4 is 0 Å². The van der Waals surface area contributed by atoms with E-state index in [0.717, 1.165) is 11.8 Å². The molecule has 66 valence electrons. The standard InChI is InChI=1S/C12H18/c1-9-7-8-11-5-3-4-6-12(11)10(9)2/h4,6,9-10H,3,5,7-8H2,1-2H3. The quantitative estimate of drug-likeness (QED) is 0.509. The van der Waals surface area contributed by atoms with Gasteiger partial charge < -0.3 is 0 Å². The molecule has 0 heteroatoms. The van der Waals surface area contributed by atoms with Gasteiger partial charge in [0.05, 0.1) is 0 Å². The molecule has 0 N–H and O–H groups in total. The number of rotatable bonds is 0. The van der Waals surface area contributed by atoms with Gasteiger partial charge in [-0.05, 0) is 43.1 Å². The largest absolute Gasteiger partial charge is 0.0839 e. The summed E-state index contributed by atoms with van der Waals surface area (Å²) in [5.74, 6) is 1.71. The van der Waals surface area contributed by atoms with Crippen LogP contribution in [0.5, 0.6) is 0 Å². The number of hydrogen-bond acceptors (Lipinski definition) is 0. The molecular weight excluding hydrogens is 144 g/mol. The topological polar surface area (TPSA) is 0 Å². The highest BCUT2D eigenvalue weighted by Crippen LogP contribution is 2.38. The van der Waals surface area contributed by atoms with Crippen molar-refractivity contribution in [3.8, 4) is 0 Å². The SMILES string of the molecule is CC1CCC2=C(C=CCC2)C1C. The predicted octanol–water partition coefficient (Wildman–Crippen LogP) is 3.70. The van der Waals surface area contributed by atoms with E-state index in [2.05, 4.69) is 26.0 Å². The van der Waals surface area contributed by atoms with Crippen LogP contribution in [0, 0.1) is 11.8 Å². The highest BCUT2D eigenvalue weighted by molar-refractivity contribution is 5.33. The van der Waals surface area contributed by atoms with E-state index < -0.39 is 0 Å². The maximum Gasteiger partial charge on any atom is -0.0165 e. The highest BCUT2D eigenvalue weighted by atomic mass is 14.3. The van der Waals surface area contributed by atoms with E-state index in [1.54, 1.807) is 11.1 Å². The lowest BCUT2D eigenvalue weighted by molar-refractivity contribution is 0.383. The average molecular weight is 162 g/mol. The van der Waals surface area contributed by atoms with E-state index in [1.807, 2.05) is 0 Å². The van der Waals surface area contributed by atoms with Crippen LogP contribution in [0.2, 0.25) is 0 Å². The van der Waals surface area contributed by atoms with Gasteiger partial charge in [-0.3, -0.25) is 0 Å². The van der Waals surface area contributed by atoms with Gasteiger partial charge in [-0.25, -0.2) is 0 Å². The molecule has 0 aromatic heterocycles. The van der Waals surface area contributed by atoms with Crippen molar-refractivity contribution in [2.24, 2.45) is 11.8 Å². The average Bonchev–Trinajstić information content (AvgIpc) is 2.12. The minimum absolute atomic E-state index is 0.810. The van der Waals surface area contributed by atoms with Gasteiger partial charge in [0, 0.05) is 0 Å². The molecule has 0 amide bonds. The van der Waals surface area contributed by atoms with Gasteiger partial charge in [-0.1, -0.05) is 31.6 Å². The fourth-order valence-corrected chi connectivity index (χ4v) is 2.43. The Bertz CT molecular complexity index is 232. The third-order valence-corrected chi connectivity index (χ3v) is 3.56. The maximum atomic E-state index is 2.39. The fraction of sp³-hybridized carbons (Fsp3) is 0.667. The Labute approximate surface area is 75.4 Å². The Morgan fingerprint density at radius 1 is 1.25 bits per heavy atom. The molecule has 0 aliphatic heterocycles. The van der Waals surface area contributed by atoms with Crippen molar-refractivity contribution in [2.75, 3.05) is 0 Å². The van der Waals surface area contributed by atoms with Crippen LogP contribution in [0.4, 0.5) is 0 Å². The molecule has 0 nitrogen and oxygen atoms in total. The van der Waals surface area contributed by atoms with Gasteiger partial charge in [0.1, 0.15) is 0 Å². The van der Waals surface area contributed by atoms with Gasteiger partial charge in [0.25, 0.3) is 0 Å². The minimum Gasteiger partial charge on any atom is -0.0839 e. The Morgan fingerprint density at radius 2 is 2.08 bits per heavy atom. The molecule has 2 aliphatic carbocycles. The van der Waals surface area contributed by atoms with Gasteiger partial charge in [-0.15, -0.1) is 0 Å². The van der Waals surface area contributed by atoms with E-state index in [9.17, 15) is 0 Å². The van der Waals surface area contributed by atoms with Crippen molar-refractivity contribution in [3.05, 3.63) is 23.3 Å². The Hall–Kier alpha value is -0.520. The first-order valence-corrected chi connectivity index (χ1v) is 5.17. The van der Waals surface area contributed by atoms with Gasteiger partial charge in [0.15, 0.2) is 0 Å². The second-order valence-corrected chi connectivity index (χ2v) is 4.30. The van der Waals surface area contributed by atoms with E-state index >= 15 is 0 Å². The Kier molecular flexibility index (Phi) is 2.08. The molecule has 0 bridgehead atoms. The molecule has 2 rings (SSSR count). The van der Waals surface area contributed by atoms with E-state index in [-0.39, 0.29) is 0 Å². The summed E-state index contributed by atoms with van der Waals surface area (Å²) in [6.45, 7) is 4.77. The molecule has 0 aromatic rings. The van der Waals surface area contributed by atoms with E-state index in [0.29, 0.717) is 0 Å². The summed E-state index contributed by atoms with van der Waals surface area (Å²) < 4.78 is 0. The second kappa shape index (κ2) is 3.08. The molecule has 0 aromatic carbocycles. The summed E-state index contributed by atoms with van der Waals surface area (Å²) >= 11 is 0. The number of hydrogen-bond donors (Lipinski definition) is 0. The highest BCUT2D eigenvalue weighted by Gasteiger charge is 2.24. The van der Waals surface area contributed by atoms with Crippen LogP contribution in [-0.4, -0.2) is 0 Å². The van der Waals surface area contributed by atoms with Crippen LogP contribution in [0.3, 0.4) is 0 Å². The zero-order valence-corrected chi connectivity index (χ0v) is 8.14. The Balaban J connectivity index is 2.28. The van der Waals surface area contributed by atoms with Crippen LogP contribution >= 0.6 is 0 Å². The summed E-state index contributed by atoms with van der Waals surface area (Å²) in [6.07, 6.45) is 10.1. The second-order valence-electron chi connectivity index (χ2n) is 4.30. The molecule has 2 atom stereocenters. The smallest absolute Gasteiger partial charge is 0.0165 e. The Morgan fingerprint density at radius 3 is 2.92 bits per heavy atom. The van der Waals surface area contributed by atoms with E-state index in [4.69, 9.17) is 0 Å². The first-order chi connectivity index (χ1) is 5.79. The van der Waals surface area contributed by atoms with Gasteiger partial charge in [-0.2, -0.15) is 0 Å². The van der Waals surface area contributed by atoms with Crippen molar-refractivity contribution in [2.45, 2.75) is 39.5 Å². The van der Waals surface area contributed by atoms with Crippen LogP contribution in [-0.2, 0) is 0 Å². The molecule has 0 heterocycles. The molecule has 2 aliphatic rings. The lowest BCUT2D eigenvalue weighted by atomic mass is 9.74. The zero-order valence-electron chi connectivity index (χ0n) is 8.14. The van der Waals surface area contributed by atoms with Crippen molar-refractivity contribution in [1.29, 1.82) is 0 Å². The summed E-state index contributed by atoms with van der Waals surface area (Å²) in [5, 5.41) is 0. The van der Waals surface area contributed by atoms with Gasteiger partial charge in [0.2, 0.25) is 0 Å². The van der Waals surface area contributed by atoms with Crippen molar-refractivity contribution in [1.82, 2.24) is 0 Å². The third kappa shape index (κ3) is 1.24. The lowest BCUT2D eigenvalue weighted by Gasteiger charge is -2.31. The first kappa shape index (κ1) is 8.10. The van der Waals surface area contributed by atoms with Crippen LogP contribution in [0.1, 0.15) is 39.5 Å². The molecule has 2 unspecified atom stereocenters. The molecule has 0 fully saturated rings. The zero-order chi connectivity index (χ0) is 8.55. The number of allylic oxidation sites excluding steroid dienone is 4. The fourth-order valence-electron chi connectivity index (χ4n) is 2.43. The monoisotopic (exact) mass is 162 g/mol. The molecule has 0 radical (unpaired) electrons.